The molecule has 1 saturated heterocycles. The van der Waals surface area contributed by atoms with Crippen LogP contribution in [0.2, 0.25) is 10.0 Å². The number of rotatable bonds is 5. The molecule has 1 aromatic rings. The second kappa shape index (κ2) is 8.44. The summed E-state index contributed by atoms with van der Waals surface area (Å²) in [6.45, 7) is 1.97. The fraction of sp³-hybridized carbons (Fsp3) is 0.588. The Labute approximate surface area is 164 Å². The van der Waals surface area contributed by atoms with Crippen LogP contribution >= 0.6 is 23.2 Å². The maximum atomic E-state index is 12.8. The van der Waals surface area contributed by atoms with E-state index in [1.807, 2.05) is 4.90 Å². The number of benzene rings is 1. The smallest absolute Gasteiger partial charge is 0.244 e. The number of nitrogens with one attached hydrogen (secondary N) is 1. The monoisotopic (exact) mass is 419 g/mol. The molecular formula is C17H23Cl2N3O3S. The zero-order valence-electron chi connectivity index (χ0n) is 14.5. The normalized spacial score (nSPS) is 20.4. The first-order chi connectivity index (χ1) is 12.4. The summed E-state index contributed by atoms with van der Waals surface area (Å²) in [5.74, 6) is 0.0195. The Balaban J connectivity index is 1.55. The van der Waals surface area contributed by atoms with E-state index >= 15 is 0 Å². The van der Waals surface area contributed by atoms with E-state index in [4.69, 9.17) is 23.2 Å². The van der Waals surface area contributed by atoms with Gasteiger partial charge in [-0.15, -0.1) is 0 Å². The minimum Gasteiger partial charge on any atom is -0.352 e. The maximum Gasteiger partial charge on any atom is 0.244 e. The Kier molecular flexibility index (Phi) is 6.45. The lowest BCUT2D eigenvalue weighted by Crippen LogP contribution is -2.51. The van der Waals surface area contributed by atoms with Crippen molar-refractivity contribution in [2.24, 2.45) is 0 Å². The summed E-state index contributed by atoms with van der Waals surface area (Å²) < 4.78 is 27.0. The number of nitrogens with zero attached hydrogens (tertiary/aromatic N) is 2. The molecule has 1 aliphatic carbocycles. The Hall–Kier alpha value is -0.860. The molecule has 1 amide bonds. The van der Waals surface area contributed by atoms with Crippen molar-refractivity contribution in [1.82, 2.24) is 14.5 Å². The number of carbonyl (C=O) groups is 1. The molecule has 26 heavy (non-hydrogen) atoms. The number of sulfonamides is 1. The molecule has 1 aromatic carbocycles. The summed E-state index contributed by atoms with van der Waals surface area (Å²) in [6.07, 6.45) is 4.46. The Bertz CT molecular complexity index is 759. The summed E-state index contributed by atoms with van der Waals surface area (Å²) >= 11 is 12.0. The van der Waals surface area contributed by atoms with Crippen molar-refractivity contribution in [1.29, 1.82) is 0 Å². The van der Waals surface area contributed by atoms with Crippen molar-refractivity contribution in [3.8, 4) is 0 Å². The first kappa shape index (κ1) is 19.9. The minimum atomic E-state index is -3.70. The molecule has 3 rings (SSSR count). The third-order valence-electron chi connectivity index (χ3n) is 4.93. The molecule has 1 N–H and O–H groups in total. The highest BCUT2D eigenvalue weighted by Crippen LogP contribution is 2.28. The number of amides is 1. The number of carbonyl (C=O) groups excluding carboxylic acids is 1. The lowest BCUT2D eigenvalue weighted by atomic mass is 10.2. The summed E-state index contributed by atoms with van der Waals surface area (Å²) in [7, 11) is -3.70. The van der Waals surface area contributed by atoms with Gasteiger partial charge in [0, 0.05) is 37.2 Å². The van der Waals surface area contributed by atoms with Crippen LogP contribution < -0.4 is 5.32 Å². The van der Waals surface area contributed by atoms with Gasteiger partial charge in [0.15, 0.2) is 0 Å². The second-order valence-electron chi connectivity index (χ2n) is 6.80. The van der Waals surface area contributed by atoms with Gasteiger partial charge in [-0.25, -0.2) is 8.42 Å². The predicted octanol–water partition coefficient (Wildman–Crippen LogP) is 2.36. The zero-order valence-corrected chi connectivity index (χ0v) is 16.8. The SMILES string of the molecule is O=C(CN1CCN(S(=O)(=O)c2cc(Cl)ccc2Cl)CC1)NC1CCCC1. The van der Waals surface area contributed by atoms with Crippen LogP contribution in [0.25, 0.3) is 0 Å². The van der Waals surface area contributed by atoms with E-state index in [1.165, 1.54) is 29.3 Å². The number of hydrogen-bond donors (Lipinski definition) is 1. The number of piperazine rings is 1. The van der Waals surface area contributed by atoms with Crippen molar-refractivity contribution in [2.45, 2.75) is 36.6 Å². The average Bonchev–Trinajstić information content (AvgIpc) is 3.10. The molecule has 0 aromatic heterocycles. The maximum absolute atomic E-state index is 12.8. The second-order valence-corrected chi connectivity index (χ2v) is 9.55. The van der Waals surface area contributed by atoms with Crippen molar-refractivity contribution < 1.29 is 13.2 Å². The van der Waals surface area contributed by atoms with Gasteiger partial charge in [-0.3, -0.25) is 9.69 Å². The van der Waals surface area contributed by atoms with Crippen LogP contribution in [0.15, 0.2) is 23.1 Å². The molecule has 0 spiro atoms. The molecule has 1 heterocycles. The van der Waals surface area contributed by atoms with Gasteiger partial charge in [-0.2, -0.15) is 4.31 Å². The molecular weight excluding hydrogens is 397 g/mol. The molecule has 0 unspecified atom stereocenters. The van der Waals surface area contributed by atoms with Crippen LogP contribution in [0.1, 0.15) is 25.7 Å². The Morgan fingerprint density at radius 2 is 1.77 bits per heavy atom. The fourth-order valence-electron chi connectivity index (χ4n) is 3.49. The van der Waals surface area contributed by atoms with E-state index in [0.29, 0.717) is 43.8 Å². The summed E-state index contributed by atoms with van der Waals surface area (Å²) in [5.41, 5.74) is 0. The lowest BCUT2D eigenvalue weighted by Gasteiger charge is -2.33. The standard InChI is InChI=1S/C17H23Cl2N3O3S/c18-13-5-6-15(19)16(11-13)26(24,25)22-9-7-21(8-10-22)12-17(23)20-14-3-1-2-4-14/h5-6,11,14H,1-4,7-10,12H2,(H,20,23). The van der Waals surface area contributed by atoms with E-state index in [0.717, 1.165) is 12.8 Å². The highest BCUT2D eigenvalue weighted by Gasteiger charge is 2.31. The van der Waals surface area contributed by atoms with Crippen LogP contribution in [0, 0.1) is 0 Å². The molecule has 1 saturated carbocycles. The molecule has 0 bridgehead atoms. The van der Waals surface area contributed by atoms with Crippen molar-refractivity contribution in [3.63, 3.8) is 0 Å². The van der Waals surface area contributed by atoms with Gasteiger partial charge in [0.05, 0.1) is 11.6 Å². The number of hydrogen-bond acceptors (Lipinski definition) is 4. The van der Waals surface area contributed by atoms with Crippen molar-refractivity contribution in [2.75, 3.05) is 32.7 Å². The largest absolute Gasteiger partial charge is 0.352 e. The van der Waals surface area contributed by atoms with Gasteiger partial charge < -0.3 is 5.32 Å². The molecule has 6 nitrogen and oxygen atoms in total. The van der Waals surface area contributed by atoms with E-state index in [1.54, 1.807) is 6.07 Å². The minimum absolute atomic E-state index is 0.0195. The Morgan fingerprint density at radius 3 is 2.42 bits per heavy atom. The molecule has 0 atom stereocenters. The van der Waals surface area contributed by atoms with Gasteiger partial charge in [0.1, 0.15) is 4.90 Å². The third-order valence-corrected chi connectivity index (χ3v) is 7.55. The topological polar surface area (TPSA) is 69.7 Å². The van der Waals surface area contributed by atoms with E-state index in [-0.39, 0.29) is 15.8 Å². The van der Waals surface area contributed by atoms with Gasteiger partial charge in [0.2, 0.25) is 15.9 Å². The van der Waals surface area contributed by atoms with Crippen LogP contribution in [0.5, 0.6) is 0 Å². The average molecular weight is 420 g/mol. The quantitative estimate of drug-likeness (QED) is 0.794. The molecule has 1 aliphatic heterocycles. The molecule has 9 heteroatoms. The van der Waals surface area contributed by atoms with Crippen LogP contribution in [0.3, 0.4) is 0 Å². The van der Waals surface area contributed by atoms with E-state index in [9.17, 15) is 13.2 Å². The molecule has 2 aliphatic rings. The zero-order chi connectivity index (χ0) is 18.7. The number of halogens is 2. The van der Waals surface area contributed by atoms with Crippen LogP contribution in [-0.2, 0) is 14.8 Å². The van der Waals surface area contributed by atoms with Crippen molar-refractivity contribution >= 4 is 39.1 Å². The highest BCUT2D eigenvalue weighted by atomic mass is 35.5. The first-order valence-corrected chi connectivity index (χ1v) is 11.0. The first-order valence-electron chi connectivity index (χ1n) is 8.83. The predicted molar refractivity (Wildman–Crippen MR) is 102 cm³/mol. The third kappa shape index (κ3) is 4.70. The Morgan fingerprint density at radius 1 is 1.12 bits per heavy atom. The van der Waals surface area contributed by atoms with Crippen molar-refractivity contribution in [3.05, 3.63) is 28.2 Å². The van der Waals surface area contributed by atoms with Gasteiger partial charge in [-0.1, -0.05) is 36.0 Å². The molecule has 0 radical (unpaired) electrons. The summed E-state index contributed by atoms with van der Waals surface area (Å²) in [6, 6.07) is 4.72. The van der Waals surface area contributed by atoms with Crippen LogP contribution in [-0.4, -0.2) is 62.3 Å². The van der Waals surface area contributed by atoms with Gasteiger partial charge in [-0.05, 0) is 31.0 Å². The van der Waals surface area contributed by atoms with E-state index in [2.05, 4.69) is 5.32 Å². The summed E-state index contributed by atoms with van der Waals surface area (Å²) in [4.78, 5) is 14.1. The summed E-state index contributed by atoms with van der Waals surface area (Å²) in [5, 5.41) is 3.55. The van der Waals surface area contributed by atoms with Crippen LogP contribution in [0.4, 0.5) is 0 Å². The lowest BCUT2D eigenvalue weighted by molar-refractivity contribution is -0.123. The fourth-order valence-corrected chi connectivity index (χ4v) is 5.65. The van der Waals surface area contributed by atoms with Gasteiger partial charge >= 0.3 is 0 Å². The van der Waals surface area contributed by atoms with E-state index < -0.39 is 10.0 Å². The highest BCUT2D eigenvalue weighted by molar-refractivity contribution is 7.89. The molecule has 144 valence electrons. The molecule has 2 fully saturated rings. The van der Waals surface area contributed by atoms with Gasteiger partial charge in [0.25, 0.3) is 0 Å².